The van der Waals surface area contributed by atoms with Crippen molar-refractivity contribution in [1.82, 2.24) is 4.98 Å². The van der Waals surface area contributed by atoms with E-state index < -0.39 is 23.5 Å². The summed E-state index contributed by atoms with van der Waals surface area (Å²) < 4.78 is 33.9. The predicted octanol–water partition coefficient (Wildman–Crippen LogP) is 5.67. The van der Waals surface area contributed by atoms with Crippen molar-refractivity contribution >= 4 is 28.9 Å². The summed E-state index contributed by atoms with van der Waals surface area (Å²) in [6.45, 7) is 1.87. The molecule has 1 atom stereocenters. The van der Waals surface area contributed by atoms with Gasteiger partial charge >= 0.3 is 5.97 Å². The Balaban J connectivity index is 2.14. The molecule has 0 aliphatic heterocycles. The standard InChI is InChI=1S/C20H16ClF2NO3S/c1-10-9-24-20(28-10)15(8-18(25)26)11-3-12(5-13(21)4-11)19-16(22)6-14(27-2)7-17(19)23/h3-7,9,15H,8H2,1-2H3,(H,25,26). The minimum atomic E-state index is -1.01. The van der Waals surface area contributed by atoms with Crippen LogP contribution in [0, 0.1) is 18.6 Å². The predicted molar refractivity (Wildman–Crippen MR) is 104 cm³/mol. The molecule has 3 aromatic rings. The van der Waals surface area contributed by atoms with Crippen LogP contribution in [0.2, 0.25) is 5.02 Å². The Morgan fingerprint density at radius 1 is 1.25 bits per heavy atom. The first-order chi connectivity index (χ1) is 13.3. The van der Waals surface area contributed by atoms with Gasteiger partial charge in [0.1, 0.15) is 22.4 Å². The lowest BCUT2D eigenvalue weighted by molar-refractivity contribution is -0.137. The fourth-order valence-electron chi connectivity index (χ4n) is 2.96. The summed E-state index contributed by atoms with van der Waals surface area (Å²) in [5, 5.41) is 10.2. The van der Waals surface area contributed by atoms with Crippen LogP contribution in [0.25, 0.3) is 11.1 Å². The highest BCUT2D eigenvalue weighted by molar-refractivity contribution is 7.11. The van der Waals surface area contributed by atoms with Crippen LogP contribution in [0.15, 0.2) is 36.5 Å². The van der Waals surface area contributed by atoms with Gasteiger partial charge in [-0.05, 0) is 30.2 Å². The van der Waals surface area contributed by atoms with Crippen molar-refractivity contribution in [3.8, 4) is 16.9 Å². The van der Waals surface area contributed by atoms with Crippen LogP contribution in [0.1, 0.15) is 27.8 Å². The lowest BCUT2D eigenvalue weighted by Crippen LogP contribution is -2.08. The van der Waals surface area contributed by atoms with Gasteiger partial charge < -0.3 is 9.84 Å². The molecular weight excluding hydrogens is 408 g/mol. The number of rotatable bonds is 6. The van der Waals surface area contributed by atoms with Crippen LogP contribution in [0.3, 0.4) is 0 Å². The third-order valence-corrected chi connectivity index (χ3v) is 5.42. The fourth-order valence-corrected chi connectivity index (χ4v) is 4.10. The molecule has 0 fully saturated rings. The first-order valence-corrected chi connectivity index (χ1v) is 9.46. The van der Waals surface area contributed by atoms with Gasteiger partial charge in [-0.25, -0.2) is 13.8 Å². The van der Waals surface area contributed by atoms with E-state index in [1.807, 2.05) is 6.92 Å². The average molecular weight is 424 g/mol. The van der Waals surface area contributed by atoms with Gasteiger partial charge in [-0.1, -0.05) is 17.7 Å². The fraction of sp³-hybridized carbons (Fsp3) is 0.200. The van der Waals surface area contributed by atoms with Gasteiger partial charge in [0.15, 0.2) is 0 Å². The molecule has 0 aliphatic carbocycles. The molecule has 3 rings (SSSR count). The highest BCUT2D eigenvalue weighted by Crippen LogP contribution is 2.37. The smallest absolute Gasteiger partial charge is 0.304 e. The van der Waals surface area contributed by atoms with E-state index in [2.05, 4.69) is 4.98 Å². The van der Waals surface area contributed by atoms with Crippen molar-refractivity contribution < 1.29 is 23.4 Å². The summed E-state index contributed by atoms with van der Waals surface area (Å²) in [5.41, 5.74) is 0.478. The number of aryl methyl sites for hydroxylation is 1. The number of carboxylic acids is 1. The molecule has 0 amide bonds. The van der Waals surface area contributed by atoms with Crippen molar-refractivity contribution in [3.05, 3.63) is 68.6 Å². The van der Waals surface area contributed by atoms with Gasteiger partial charge in [0, 0.05) is 34.1 Å². The highest BCUT2D eigenvalue weighted by atomic mass is 35.5. The van der Waals surface area contributed by atoms with Crippen LogP contribution >= 0.6 is 22.9 Å². The molecule has 146 valence electrons. The molecular formula is C20H16ClF2NO3S. The summed E-state index contributed by atoms with van der Waals surface area (Å²) in [6.07, 6.45) is 1.43. The van der Waals surface area contributed by atoms with E-state index in [1.54, 1.807) is 18.3 Å². The largest absolute Gasteiger partial charge is 0.497 e. The van der Waals surface area contributed by atoms with E-state index in [9.17, 15) is 18.7 Å². The number of nitrogens with zero attached hydrogens (tertiary/aromatic N) is 1. The number of ether oxygens (including phenoxy) is 1. The number of benzene rings is 2. The quantitative estimate of drug-likeness (QED) is 0.555. The first kappa shape index (κ1) is 20.2. The molecule has 0 bridgehead atoms. The summed E-state index contributed by atoms with van der Waals surface area (Å²) in [5.74, 6) is -3.14. The third kappa shape index (κ3) is 4.31. The van der Waals surface area contributed by atoms with Crippen molar-refractivity contribution in [2.24, 2.45) is 0 Å². The first-order valence-electron chi connectivity index (χ1n) is 8.26. The van der Waals surface area contributed by atoms with E-state index >= 15 is 0 Å². The summed E-state index contributed by atoms with van der Waals surface area (Å²) >= 11 is 7.57. The number of aromatic nitrogens is 1. The minimum absolute atomic E-state index is 0.0583. The molecule has 28 heavy (non-hydrogen) atoms. The zero-order chi connectivity index (χ0) is 20.4. The van der Waals surface area contributed by atoms with Gasteiger partial charge in [-0.2, -0.15) is 0 Å². The number of carbonyl (C=O) groups is 1. The maximum atomic E-state index is 14.5. The Kier molecular flexibility index (Phi) is 5.96. The van der Waals surface area contributed by atoms with Crippen molar-refractivity contribution in [2.45, 2.75) is 19.3 Å². The molecule has 0 radical (unpaired) electrons. The van der Waals surface area contributed by atoms with E-state index in [0.717, 1.165) is 17.0 Å². The Morgan fingerprint density at radius 3 is 2.46 bits per heavy atom. The number of halogens is 3. The van der Waals surface area contributed by atoms with E-state index in [1.165, 1.54) is 24.5 Å². The number of hydrogen-bond acceptors (Lipinski definition) is 4. The minimum Gasteiger partial charge on any atom is -0.497 e. The molecule has 1 heterocycles. The lowest BCUT2D eigenvalue weighted by atomic mass is 9.92. The Morgan fingerprint density at radius 2 is 1.93 bits per heavy atom. The zero-order valence-electron chi connectivity index (χ0n) is 15.0. The Labute approximate surface area is 169 Å². The van der Waals surface area contributed by atoms with E-state index in [0.29, 0.717) is 10.6 Å². The van der Waals surface area contributed by atoms with Crippen LogP contribution in [0.4, 0.5) is 8.78 Å². The maximum absolute atomic E-state index is 14.5. The molecule has 0 saturated heterocycles. The van der Waals surface area contributed by atoms with Gasteiger partial charge in [-0.3, -0.25) is 4.79 Å². The summed E-state index contributed by atoms with van der Waals surface area (Å²) in [7, 11) is 1.32. The summed E-state index contributed by atoms with van der Waals surface area (Å²) in [6, 6.07) is 6.73. The van der Waals surface area contributed by atoms with Gasteiger partial charge in [0.2, 0.25) is 0 Å². The van der Waals surface area contributed by atoms with E-state index in [4.69, 9.17) is 16.3 Å². The van der Waals surface area contributed by atoms with Crippen LogP contribution in [0.5, 0.6) is 5.75 Å². The highest BCUT2D eigenvalue weighted by Gasteiger charge is 2.23. The lowest BCUT2D eigenvalue weighted by Gasteiger charge is -2.16. The molecule has 0 aliphatic rings. The third-order valence-electron chi connectivity index (χ3n) is 4.18. The van der Waals surface area contributed by atoms with Crippen LogP contribution in [-0.2, 0) is 4.79 Å². The number of carboxylic acid groups (broad SMARTS) is 1. The second-order valence-corrected chi connectivity index (χ2v) is 7.90. The molecule has 8 heteroatoms. The number of aliphatic carboxylic acids is 1. The zero-order valence-corrected chi connectivity index (χ0v) is 16.6. The summed E-state index contributed by atoms with van der Waals surface area (Å²) in [4.78, 5) is 16.6. The molecule has 1 aromatic heterocycles. The maximum Gasteiger partial charge on any atom is 0.304 e. The van der Waals surface area contributed by atoms with Crippen molar-refractivity contribution in [1.29, 1.82) is 0 Å². The number of hydrogen-bond donors (Lipinski definition) is 1. The van der Waals surface area contributed by atoms with E-state index in [-0.39, 0.29) is 28.3 Å². The monoisotopic (exact) mass is 423 g/mol. The number of thiazole rings is 1. The second-order valence-electron chi connectivity index (χ2n) is 6.20. The Hall–Kier alpha value is -2.51. The number of methoxy groups -OCH3 is 1. The molecule has 1 unspecified atom stereocenters. The SMILES string of the molecule is COc1cc(F)c(-c2cc(Cl)cc(C(CC(=O)O)c3ncc(C)s3)c2)c(F)c1. The van der Waals surface area contributed by atoms with Crippen molar-refractivity contribution in [2.75, 3.05) is 7.11 Å². The molecule has 1 N–H and O–H groups in total. The molecule has 0 spiro atoms. The topological polar surface area (TPSA) is 59.4 Å². The Bertz CT molecular complexity index is 1020. The normalized spacial score (nSPS) is 12.0. The van der Waals surface area contributed by atoms with Crippen molar-refractivity contribution in [3.63, 3.8) is 0 Å². The van der Waals surface area contributed by atoms with Gasteiger partial charge in [-0.15, -0.1) is 11.3 Å². The molecule has 0 saturated carbocycles. The van der Waals surface area contributed by atoms with Crippen LogP contribution in [-0.4, -0.2) is 23.2 Å². The molecule has 2 aromatic carbocycles. The molecule has 4 nitrogen and oxygen atoms in total. The van der Waals surface area contributed by atoms with Gasteiger partial charge in [0.25, 0.3) is 0 Å². The average Bonchev–Trinajstić information content (AvgIpc) is 3.04. The second kappa shape index (κ2) is 8.24. The van der Waals surface area contributed by atoms with Gasteiger partial charge in [0.05, 0.1) is 19.1 Å². The van der Waals surface area contributed by atoms with Crippen LogP contribution < -0.4 is 4.74 Å².